The average Bonchev–Trinajstić information content (AvgIpc) is 3.15. The van der Waals surface area contributed by atoms with Crippen LogP contribution in [0.15, 0.2) is 22.9 Å². The molecule has 0 aliphatic carbocycles. The lowest BCUT2D eigenvalue weighted by molar-refractivity contribution is 0.0774. The third kappa shape index (κ3) is 3.19. The number of pyridine rings is 1. The molecule has 1 saturated heterocycles. The molecule has 1 aliphatic rings. The smallest absolute Gasteiger partial charge is 0.276 e. The van der Waals surface area contributed by atoms with Gasteiger partial charge in [0.15, 0.2) is 5.69 Å². The molecule has 23 heavy (non-hydrogen) atoms. The molecule has 3 rings (SSSR count). The molecule has 3 N–H and O–H groups in total. The molecule has 1 unspecified atom stereocenters. The van der Waals surface area contributed by atoms with Gasteiger partial charge in [-0.1, -0.05) is 11.2 Å². The summed E-state index contributed by atoms with van der Waals surface area (Å²) in [6.45, 7) is 2.80. The fourth-order valence-corrected chi connectivity index (χ4v) is 2.97. The lowest BCUT2D eigenvalue weighted by Crippen LogP contribution is -2.30. The molecule has 0 spiro atoms. The van der Waals surface area contributed by atoms with E-state index in [1.807, 2.05) is 6.07 Å². The fraction of sp³-hybridized carbons (Fsp3) is 0.438. The van der Waals surface area contributed by atoms with Crippen molar-refractivity contribution < 1.29 is 14.4 Å². The molecule has 0 aromatic carbocycles. The molecule has 3 heterocycles. The van der Waals surface area contributed by atoms with Crippen molar-refractivity contribution in [2.24, 2.45) is 5.92 Å². The lowest BCUT2D eigenvalue weighted by atomic mass is 10.00. The highest BCUT2D eigenvalue weighted by molar-refractivity contribution is 5.94. The number of rotatable bonds is 4. The zero-order chi connectivity index (χ0) is 16.4. The number of likely N-dealkylation sites (tertiary alicyclic amines) is 1. The van der Waals surface area contributed by atoms with E-state index in [0.29, 0.717) is 36.1 Å². The minimum Gasteiger partial charge on any atom is -0.391 e. The standard InChI is InChI=1S/C16H20N4O3/c1-10-13(9-21)15(19-23-10)16(22)20-5-4-12(8-20)6-11-2-3-14(17)18-7-11/h2-3,7,12,21H,4-6,8-9H2,1H3,(H2,17,18). The first-order chi connectivity index (χ1) is 11.1. The van der Waals surface area contributed by atoms with Crippen LogP contribution in [0.1, 0.15) is 33.8 Å². The number of anilines is 1. The number of aryl methyl sites for hydroxylation is 1. The Morgan fingerprint density at radius 1 is 1.52 bits per heavy atom. The van der Waals surface area contributed by atoms with Crippen LogP contribution in [0.25, 0.3) is 0 Å². The van der Waals surface area contributed by atoms with Gasteiger partial charge in [0.05, 0.1) is 12.2 Å². The monoisotopic (exact) mass is 316 g/mol. The van der Waals surface area contributed by atoms with Gasteiger partial charge in [0.2, 0.25) is 0 Å². The van der Waals surface area contributed by atoms with Gasteiger partial charge in [-0.15, -0.1) is 0 Å². The van der Waals surface area contributed by atoms with Crippen LogP contribution in [-0.4, -0.2) is 39.1 Å². The molecule has 7 heteroatoms. The van der Waals surface area contributed by atoms with E-state index in [1.54, 1.807) is 24.1 Å². The highest BCUT2D eigenvalue weighted by Gasteiger charge is 2.30. The summed E-state index contributed by atoms with van der Waals surface area (Å²) in [4.78, 5) is 18.4. The Morgan fingerprint density at radius 3 is 3.04 bits per heavy atom. The fourth-order valence-electron chi connectivity index (χ4n) is 2.97. The molecule has 1 fully saturated rings. The second-order valence-corrected chi connectivity index (χ2v) is 5.93. The number of aromatic nitrogens is 2. The van der Waals surface area contributed by atoms with Crippen LogP contribution in [0.5, 0.6) is 0 Å². The number of aliphatic hydroxyl groups excluding tert-OH is 1. The Morgan fingerprint density at radius 2 is 2.35 bits per heavy atom. The van der Waals surface area contributed by atoms with E-state index in [4.69, 9.17) is 10.3 Å². The highest BCUT2D eigenvalue weighted by atomic mass is 16.5. The van der Waals surface area contributed by atoms with Gasteiger partial charge in [-0.25, -0.2) is 4.98 Å². The molecule has 1 aliphatic heterocycles. The molecule has 0 bridgehead atoms. The minimum atomic E-state index is -0.245. The molecule has 0 radical (unpaired) electrons. The van der Waals surface area contributed by atoms with E-state index in [1.165, 1.54) is 0 Å². The predicted molar refractivity (Wildman–Crippen MR) is 83.5 cm³/mol. The predicted octanol–water partition coefficient (Wildman–Crippen LogP) is 1.16. The first-order valence-corrected chi connectivity index (χ1v) is 7.64. The van der Waals surface area contributed by atoms with E-state index >= 15 is 0 Å². The van der Waals surface area contributed by atoms with Gasteiger partial charge in [-0.3, -0.25) is 4.79 Å². The van der Waals surface area contributed by atoms with Crippen LogP contribution >= 0.6 is 0 Å². The Hall–Kier alpha value is -2.41. The number of carbonyl (C=O) groups excluding carboxylic acids is 1. The number of carbonyl (C=O) groups is 1. The van der Waals surface area contributed by atoms with Gasteiger partial charge >= 0.3 is 0 Å². The van der Waals surface area contributed by atoms with Crippen molar-refractivity contribution in [1.29, 1.82) is 0 Å². The number of hydrogen-bond donors (Lipinski definition) is 2. The number of nitrogens with zero attached hydrogens (tertiary/aromatic N) is 3. The molecule has 2 aromatic rings. The Kier molecular flexibility index (Phi) is 4.29. The summed E-state index contributed by atoms with van der Waals surface area (Å²) in [5.41, 5.74) is 7.40. The number of nitrogens with two attached hydrogens (primary N) is 1. The number of hydrogen-bond acceptors (Lipinski definition) is 6. The quantitative estimate of drug-likeness (QED) is 0.877. The summed E-state index contributed by atoms with van der Waals surface area (Å²) in [6.07, 6.45) is 3.58. The summed E-state index contributed by atoms with van der Waals surface area (Å²) in [7, 11) is 0. The Labute approximate surface area is 134 Å². The van der Waals surface area contributed by atoms with Crippen molar-refractivity contribution in [3.05, 3.63) is 40.9 Å². The topological polar surface area (TPSA) is 105 Å². The molecular formula is C16H20N4O3. The maximum Gasteiger partial charge on any atom is 0.276 e. The van der Waals surface area contributed by atoms with Crippen LogP contribution < -0.4 is 5.73 Å². The molecule has 122 valence electrons. The van der Waals surface area contributed by atoms with E-state index in [0.717, 1.165) is 18.4 Å². The summed E-state index contributed by atoms with van der Waals surface area (Å²) in [5, 5.41) is 13.2. The van der Waals surface area contributed by atoms with Crippen LogP contribution in [0, 0.1) is 12.8 Å². The maximum atomic E-state index is 12.5. The van der Waals surface area contributed by atoms with E-state index in [9.17, 15) is 9.90 Å². The first-order valence-electron chi connectivity index (χ1n) is 7.64. The molecule has 1 amide bonds. The van der Waals surface area contributed by atoms with E-state index in [2.05, 4.69) is 10.1 Å². The number of nitrogen functional groups attached to an aromatic ring is 1. The zero-order valence-electron chi connectivity index (χ0n) is 13.0. The second-order valence-electron chi connectivity index (χ2n) is 5.93. The third-order valence-corrected chi connectivity index (χ3v) is 4.29. The van der Waals surface area contributed by atoms with Gasteiger partial charge in [0, 0.05) is 19.3 Å². The summed E-state index contributed by atoms with van der Waals surface area (Å²) >= 11 is 0. The SMILES string of the molecule is Cc1onc(C(=O)N2CCC(Cc3ccc(N)nc3)C2)c1CO. The van der Waals surface area contributed by atoms with Crippen LogP contribution in [-0.2, 0) is 13.0 Å². The third-order valence-electron chi connectivity index (χ3n) is 4.29. The number of aliphatic hydroxyl groups is 1. The molecular weight excluding hydrogens is 296 g/mol. The first kappa shape index (κ1) is 15.5. The molecule has 7 nitrogen and oxygen atoms in total. The van der Waals surface area contributed by atoms with E-state index in [-0.39, 0.29) is 18.2 Å². The summed E-state index contributed by atoms with van der Waals surface area (Å²) < 4.78 is 5.02. The largest absolute Gasteiger partial charge is 0.391 e. The van der Waals surface area contributed by atoms with E-state index < -0.39 is 0 Å². The van der Waals surface area contributed by atoms with Gasteiger partial charge in [0.1, 0.15) is 11.6 Å². The van der Waals surface area contributed by atoms with Crippen LogP contribution in [0.4, 0.5) is 5.82 Å². The van der Waals surface area contributed by atoms with Crippen molar-refractivity contribution in [3.8, 4) is 0 Å². The maximum absolute atomic E-state index is 12.5. The lowest BCUT2D eigenvalue weighted by Gasteiger charge is -2.15. The second kappa shape index (κ2) is 6.37. The van der Waals surface area contributed by atoms with Crippen LogP contribution in [0.2, 0.25) is 0 Å². The van der Waals surface area contributed by atoms with Crippen molar-refractivity contribution in [3.63, 3.8) is 0 Å². The van der Waals surface area contributed by atoms with Crippen molar-refractivity contribution in [2.75, 3.05) is 18.8 Å². The van der Waals surface area contributed by atoms with Crippen molar-refractivity contribution >= 4 is 11.7 Å². The molecule has 1 atom stereocenters. The summed E-state index contributed by atoms with van der Waals surface area (Å²) in [5.74, 6) is 1.20. The van der Waals surface area contributed by atoms with Crippen molar-refractivity contribution in [1.82, 2.24) is 15.0 Å². The Bertz CT molecular complexity index is 696. The van der Waals surface area contributed by atoms with Gasteiger partial charge in [-0.05, 0) is 37.3 Å². The number of amides is 1. The Balaban J connectivity index is 1.65. The highest BCUT2D eigenvalue weighted by Crippen LogP contribution is 2.24. The normalized spacial score (nSPS) is 17.7. The zero-order valence-corrected chi connectivity index (χ0v) is 13.0. The molecule has 0 saturated carbocycles. The molecule has 2 aromatic heterocycles. The average molecular weight is 316 g/mol. The van der Waals surface area contributed by atoms with Crippen LogP contribution in [0.3, 0.4) is 0 Å². The van der Waals surface area contributed by atoms with Crippen molar-refractivity contribution in [2.45, 2.75) is 26.4 Å². The van der Waals surface area contributed by atoms with Gasteiger partial charge < -0.3 is 20.3 Å². The van der Waals surface area contributed by atoms with Gasteiger partial charge in [0.25, 0.3) is 5.91 Å². The summed E-state index contributed by atoms with van der Waals surface area (Å²) in [6, 6.07) is 3.76. The van der Waals surface area contributed by atoms with Gasteiger partial charge in [-0.2, -0.15) is 0 Å². The minimum absolute atomic E-state index is 0.177.